The number of rotatable bonds is 7. The number of nitrogens with zero attached hydrogens (tertiary/aromatic N) is 3. The molecule has 6 atom stereocenters. The van der Waals surface area contributed by atoms with Crippen LogP contribution in [0.3, 0.4) is 0 Å². The van der Waals surface area contributed by atoms with Crippen molar-refractivity contribution in [1.82, 2.24) is 20.1 Å². The number of aliphatic hydroxyl groups excluding tert-OH is 1. The Balaban J connectivity index is 1.95. The third-order valence-corrected chi connectivity index (χ3v) is 10.2. The fourth-order valence-electron chi connectivity index (χ4n) is 5.85. The maximum Gasteiger partial charge on any atom is 0.334 e. The Morgan fingerprint density at radius 1 is 1.19 bits per heavy atom. The SMILES string of the molecule is CCN(CC)CC[S+]([O-])[C@@H]1CCN2C(=O)c3coc(n3)CC(=O)C[C@H](O)/C=C(C)/C=C/CNC(=O)/C=C/[C@@H](C)[C@@H](C(C)C)OC(=O)[C@@H]12. The summed E-state index contributed by atoms with van der Waals surface area (Å²) in [4.78, 5) is 60.7. The minimum atomic E-state index is -1.45. The molecule has 2 bridgehead atoms. The highest BCUT2D eigenvalue weighted by molar-refractivity contribution is 7.92. The molecule has 2 N–H and O–H groups in total. The highest BCUT2D eigenvalue weighted by Crippen LogP contribution is 2.30. The van der Waals surface area contributed by atoms with Crippen molar-refractivity contribution in [2.24, 2.45) is 11.8 Å². The van der Waals surface area contributed by atoms with E-state index in [9.17, 15) is 28.8 Å². The van der Waals surface area contributed by atoms with Crippen molar-refractivity contribution >= 4 is 34.7 Å². The largest absolute Gasteiger partial charge is 0.616 e. The maximum absolute atomic E-state index is 14.0. The quantitative estimate of drug-likeness (QED) is 0.324. The summed E-state index contributed by atoms with van der Waals surface area (Å²) in [6.07, 6.45) is 7.46. The molecule has 3 heterocycles. The number of carbonyl (C=O) groups is 4. The smallest absolute Gasteiger partial charge is 0.334 e. The molecule has 12 nitrogen and oxygen atoms in total. The minimum absolute atomic E-state index is 0.0124. The molecule has 2 amide bonds. The molecule has 1 saturated heterocycles. The molecule has 2 aliphatic rings. The van der Waals surface area contributed by atoms with E-state index in [0.717, 1.165) is 19.4 Å². The predicted octanol–water partition coefficient (Wildman–Crippen LogP) is 2.60. The van der Waals surface area contributed by atoms with Crippen LogP contribution in [-0.2, 0) is 36.7 Å². The number of ether oxygens (including phenoxy) is 1. The van der Waals surface area contributed by atoms with E-state index in [1.165, 1.54) is 17.1 Å². The van der Waals surface area contributed by atoms with E-state index in [1.807, 2.05) is 34.6 Å². The number of fused-ring (bicyclic) bond motifs is 3. The van der Waals surface area contributed by atoms with Gasteiger partial charge in [-0.3, -0.25) is 19.3 Å². The number of Topliss-reactive ketones (excluding diaryl/α,β-unsaturated/α-hetero) is 1. The van der Waals surface area contributed by atoms with E-state index in [4.69, 9.17) is 9.15 Å². The van der Waals surface area contributed by atoms with Crippen LogP contribution in [0.5, 0.6) is 0 Å². The standard InChI is InChI=1S/C34H50N4O8S/c1-7-37(8-2)16-17-47(44)28-13-15-38-31(28)34(43)46-32(22(3)4)24(6)11-12-29(41)35-14-9-10-23(5)18-25(39)19-26(40)20-30-36-27(21-45-30)33(38)42/h9-12,18,21-22,24-25,28,31-32,39H,7-8,13-17,19-20H2,1-6H3,(H,35,41)/b10-9+,12-11+,23-18+/t24-,25-,28-,31-,32-,47?/m1/s1. The molecule has 0 spiro atoms. The number of ketones is 1. The molecule has 3 rings (SSSR count). The lowest BCUT2D eigenvalue weighted by Gasteiger charge is -2.32. The summed E-state index contributed by atoms with van der Waals surface area (Å²) in [6.45, 7) is 14.1. The van der Waals surface area contributed by atoms with Crippen molar-refractivity contribution in [2.75, 3.05) is 38.5 Å². The van der Waals surface area contributed by atoms with Crippen LogP contribution in [0.15, 0.2) is 46.6 Å². The van der Waals surface area contributed by atoms with Crippen LogP contribution in [-0.4, -0.2) is 110 Å². The van der Waals surface area contributed by atoms with Gasteiger partial charge in [0.25, 0.3) is 5.91 Å². The summed E-state index contributed by atoms with van der Waals surface area (Å²) in [7, 11) is 0. The van der Waals surface area contributed by atoms with Crippen molar-refractivity contribution in [3.8, 4) is 0 Å². The van der Waals surface area contributed by atoms with Gasteiger partial charge in [-0.2, -0.15) is 0 Å². The van der Waals surface area contributed by atoms with Crippen LogP contribution in [0, 0.1) is 11.8 Å². The van der Waals surface area contributed by atoms with Gasteiger partial charge >= 0.3 is 5.97 Å². The highest BCUT2D eigenvalue weighted by atomic mass is 32.2. The molecule has 1 aromatic rings. The first kappa shape index (κ1) is 38.2. The number of hydrogen-bond acceptors (Lipinski definition) is 10. The van der Waals surface area contributed by atoms with Gasteiger partial charge in [-0.1, -0.05) is 64.5 Å². The normalized spacial score (nSPS) is 28.8. The molecule has 13 heteroatoms. The van der Waals surface area contributed by atoms with Gasteiger partial charge in [-0.15, -0.1) is 0 Å². The van der Waals surface area contributed by atoms with Gasteiger partial charge in [0.2, 0.25) is 11.8 Å². The zero-order valence-electron chi connectivity index (χ0n) is 28.3. The lowest BCUT2D eigenvalue weighted by Crippen LogP contribution is -2.50. The van der Waals surface area contributed by atoms with Crippen LogP contribution in [0.4, 0.5) is 0 Å². The van der Waals surface area contributed by atoms with Gasteiger partial charge in [-0.25, -0.2) is 9.78 Å². The molecule has 260 valence electrons. The molecule has 1 aromatic heterocycles. The van der Waals surface area contributed by atoms with E-state index < -0.39 is 46.6 Å². The van der Waals surface area contributed by atoms with Gasteiger partial charge in [0.1, 0.15) is 29.2 Å². The molecule has 0 aliphatic carbocycles. The molecule has 0 radical (unpaired) electrons. The number of nitrogens with one attached hydrogen (secondary N) is 1. The molecule has 1 unspecified atom stereocenters. The molecule has 2 aliphatic heterocycles. The molecular weight excluding hydrogens is 624 g/mol. The average molecular weight is 675 g/mol. The van der Waals surface area contributed by atoms with E-state index >= 15 is 0 Å². The molecule has 47 heavy (non-hydrogen) atoms. The monoisotopic (exact) mass is 674 g/mol. The van der Waals surface area contributed by atoms with Crippen LogP contribution < -0.4 is 5.32 Å². The second kappa shape index (κ2) is 18.3. The van der Waals surface area contributed by atoms with Crippen molar-refractivity contribution in [3.63, 3.8) is 0 Å². The number of allylic oxidation sites excluding steroid dienone is 2. The van der Waals surface area contributed by atoms with Crippen molar-refractivity contribution < 1.29 is 38.0 Å². The van der Waals surface area contributed by atoms with Gasteiger partial charge in [-0.05, 0) is 43.2 Å². The van der Waals surface area contributed by atoms with E-state index in [1.54, 1.807) is 25.2 Å². The van der Waals surface area contributed by atoms with E-state index in [2.05, 4.69) is 15.2 Å². The maximum atomic E-state index is 14.0. The summed E-state index contributed by atoms with van der Waals surface area (Å²) in [5, 5.41) is 12.5. The molecular formula is C34H50N4O8S. The van der Waals surface area contributed by atoms with Crippen molar-refractivity contribution in [2.45, 2.75) is 84.3 Å². The second-order valence-electron chi connectivity index (χ2n) is 12.4. The van der Waals surface area contributed by atoms with Gasteiger partial charge in [0.05, 0.1) is 12.5 Å². The summed E-state index contributed by atoms with van der Waals surface area (Å²) in [6, 6.07) is -1.12. The number of oxazole rings is 1. The number of cyclic esters (lactones) is 1. The summed E-state index contributed by atoms with van der Waals surface area (Å²) in [5.41, 5.74) is 0.628. The number of carbonyl (C=O) groups excluding carboxylic acids is 4. The molecule has 0 saturated carbocycles. The topological polar surface area (TPSA) is 165 Å². The lowest BCUT2D eigenvalue weighted by atomic mass is 9.94. The number of aromatic nitrogens is 1. The number of amides is 2. The van der Waals surface area contributed by atoms with Crippen LogP contribution in [0.25, 0.3) is 0 Å². The van der Waals surface area contributed by atoms with Crippen LogP contribution in [0.1, 0.15) is 70.8 Å². The zero-order valence-corrected chi connectivity index (χ0v) is 29.2. The zero-order chi connectivity index (χ0) is 34.7. The van der Waals surface area contributed by atoms with Crippen LogP contribution >= 0.6 is 0 Å². The Bertz CT molecular complexity index is 1320. The van der Waals surface area contributed by atoms with Gasteiger partial charge in [0, 0.05) is 38.4 Å². The fourth-order valence-corrected chi connectivity index (χ4v) is 7.51. The lowest BCUT2D eigenvalue weighted by molar-refractivity contribution is -0.157. The van der Waals surface area contributed by atoms with Gasteiger partial charge < -0.3 is 29.0 Å². The average Bonchev–Trinajstić information content (AvgIpc) is 3.68. The van der Waals surface area contributed by atoms with Crippen molar-refractivity contribution in [1.29, 1.82) is 0 Å². The van der Waals surface area contributed by atoms with Crippen LogP contribution in [0.2, 0.25) is 0 Å². The second-order valence-corrected chi connectivity index (χ2v) is 14.2. The third kappa shape index (κ3) is 11.2. The first-order chi connectivity index (χ1) is 22.3. The Hall–Kier alpha value is -3.26. The first-order valence-electron chi connectivity index (χ1n) is 16.4. The summed E-state index contributed by atoms with van der Waals surface area (Å²) in [5.74, 6) is -2.05. The van der Waals surface area contributed by atoms with E-state index in [0.29, 0.717) is 24.3 Å². The molecule has 0 aromatic carbocycles. The fraction of sp³-hybridized carbons (Fsp3) is 0.618. The van der Waals surface area contributed by atoms with Crippen molar-refractivity contribution in [3.05, 3.63) is 53.8 Å². The first-order valence-corrected chi connectivity index (χ1v) is 17.8. The summed E-state index contributed by atoms with van der Waals surface area (Å²) >= 11 is -1.45. The third-order valence-electron chi connectivity index (χ3n) is 8.45. The van der Waals surface area contributed by atoms with E-state index in [-0.39, 0.29) is 61.0 Å². The Kier molecular flexibility index (Phi) is 14.9. The summed E-state index contributed by atoms with van der Waals surface area (Å²) < 4.78 is 25.2. The number of hydrogen-bond donors (Lipinski definition) is 2. The number of esters is 1. The Labute approximate surface area is 280 Å². The minimum Gasteiger partial charge on any atom is -0.616 e. The Morgan fingerprint density at radius 2 is 1.91 bits per heavy atom. The Morgan fingerprint density at radius 3 is 2.60 bits per heavy atom. The highest BCUT2D eigenvalue weighted by Gasteiger charge is 2.50. The van der Waals surface area contributed by atoms with Gasteiger partial charge in [0.15, 0.2) is 11.7 Å². The predicted molar refractivity (Wildman–Crippen MR) is 179 cm³/mol. The molecule has 1 fully saturated rings. The number of aliphatic hydroxyl groups is 1.